The third-order valence-corrected chi connectivity index (χ3v) is 5.00. The van der Waals surface area contributed by atoms with Gasteiger partial charge in [-0.25, -0.2) is 0 Å². The van der Waals surface area contributed by atoms with Gasteiger partial charge in [0.1, 0.15) is 5.75 Å². The SMILES string of the molecule is O=C(NCc1cccnc1)c1oc2cnccc2c1Nc1ccc2c(O)cccc2c1. The predicted molar refractivity (Wildman–Crippen MR) is 118 cm³/mol. The highest BCUT2D eigenvalue weighted by molar-refractivity contribution is 6.07. The molecule has 0 radical (unpaired) electrons. The lowest BCUT2D eigenvalue weighted by Gasteiger charge is -2.10. The topological polar surface area (TPSA) is 100 Å². The van der Waals surface area contributed by atoms with E-state index in [9.17, 15) is 9.90 Å². The molecule has 0 saturated carbocycles. The van der Waals surface area contributed by atoms with Crippen LogP contribution in [-0.4, -0.2) is 21.0 Å². The second-order valence-corrected chi connectivity index (χ2v) is 7.06. The van der Waals surface area contributed by atoms with Crippen LogP contribution >= 0.6 is 0 Å². The number of aromatic nitrogens is 2. The van der Waals surface area contributed by atoms with Crippen molar-refractivity contribution >= 4 is 39.0 Å². The zero-order valence-corrected chi connectivity index (χ0v) is 16.4. The van der Waals surface area contributed by atoms with Gasteiger partial charge in [0.2, 0.25) is 5.76 Å². The minimum atomic E-state index is -0.346. The van der Waals surface area contributed by atoms with Gasteiger partial charge in [-0.2, -0.15) is 0 Å². The minimum Gasteiger partial charge on any atom is -0.507 e. The highest BCUT2D eigenvalue weighted by atomic mass is 16.3. The van der Waals surface area contributed by atoms with E-state index in [1.807, 2.05) is 36.4 Å². The standard InChI is InChI=1S/C24H18N4O3/c29-20-5-1-4-16-11-17(6-7-18(16)20)28-22-19-8-10-26-14-21(19)31-23(22)24(30)27-13-15-3-2-9-25-12-15/h1-12,14,28-29H,13H2,(H,27,30). The zero-order valence-electron chi connectivity index (χ0n) is 16.4. The Bertz CT molecular complexity index is 1400. The third-order valence-electron chi connectivity index (χ3n) is 5.00. The van der Waals surface area contributed by atoms with Gasteiger partial charge in [-0.05, 0) is 47.3 Å². The molecule has 0 aliphatic carbocycles. The molecule has 0 unspecified atom stereocenters. The molecule has 3 N–H and O–H groups in total. The lowest BCUT2D eigenvalue weighted by atomic mass is 10.1. The van der Waals surface area contributed by atoms with Gasteiger partial charge in [0.15, 0.2) is 5.58 Å². The van der Waals surface area contributed by atoms with E-state index in [1.165, 1.54) is 0 Å². The van der Waals surface area contributed by atoms with Gasteiger partial charge in [0, 0.05) is 41.6 Å². The van der Waals surface area contributed by atoms with Crippen molar-refractivity contribution in [2.24, 2.45) is 0 Å². The van der Waals surface area contributed by atoms with Crippen LogP contribution in [-0.2, 0) is 6.54 Å². The number of fused-ring (bicyclic) bond motifs is 2. The molecule has 1 amide bonds. The van der Waals surface area contributed by atoms with Crippen LogP contribution in [0.4, 0.5) is 11.4 Å². The first kappa shape index (κ1) is 18.6. The summed E-state index contributed by atoms with van der Waals surface area (Å²) < 4.78 is 5.84. The van der Waals surface area contributed by atoms with E-state index >= 15 is 0 Å². The summed E-state index contributed by atoms with van der Waals surface area (Å²) in [4.78, 5) is 21.1. The molecule has 3 heterocycles. The summed E-state index contributed by atoms with van der Waals surface area (Å²) in [6.07, 6.45) is 6.62. The number of carbonyl (C=O) groups is 1. The van der Waals surface area contributed by atoms with E-state index < -0.39 is 0 Å². The molecule has 0 saturated heterocycles. The Morgan fingerprint density at radius 3 is 2.74 bits per heavy atom. The number of rotatable bonds is 5. The lowest BCUT2D eigenvalue weighted by Crippen LogP contribution is -2.23. The Morgan fingerprint density at radius 2 is 1.87 bits per heavy atom. The van der Waals surface area contributed by atoms with Crippen LogP contribution in [0.25, 0.3) is 21.7 Å². The average Bonchev–Trinajstić information content (AvgIpc) is 3.17. The third kappa shape index (κ3) is 3.64. The molecular weight excluding hydrogens is 392 g/mol. The molecule has 0 spiro atoms. The quantitative estimate of drug-likeness (QED) is 0.386. The maximum absolute atomic E-state index is 12.9. The van der Waals surface area contributed by atoms with Crippen LogP contribution in [0, 0.1) is 0 Å². The molecule has 31 heavy (non-hydrogen) atoms. The number of carbonyl (C=O) groups excluding carboxylic acids is 1. The van der Waals surface area contributed by atoms with Gasteiger partial charge in [-0.1, -0.05) is 18.2 Å². The number of amides is 1. The lowest BCUT2D eigenvalue weighted by molar-refractivity contribution is 0.0926. The van der Waals surface area contributed by atoms with Crippen molar-refractivity contribution in [1.29, 1.82) is 0 Å². The maximum atomic E-state index is 12.9. The summed E-state index contributed by atoms with van der Waals surface area (Å²) >= 11 is 0. The number of anilines is 2. The minimum absolute atomic E-state index is 0.169. The van der Waals surface area contributed by atoms with E-state index in [0.29, 0.717) is 17.8 Å². The molecule has 0 aliphatic rings. The molecule has 152 valence electrons. The maximum Gasteiger partial charge on any atom is 0.289 e. The molecule has 7 heteroatoms. The molecule has 7 nitrogen and oxygen atoms in total. The van der Waals surface area contributed by atoms with Crippen molar-refractivity contribution in [3.8, 4) is 5.75 Å². The molecule has 2 aromatic carbocycles. The fourth-order valence-corrected chi connectivity index (χ4v) is 3.49. The molecule has 0 bridgehead atoms. The molecule has 0 atom stereocenters. The van der Waals surface area contributed by atoms with Gasteiger partial charge in [-0.3, -0.25) is 14.8 Å². The number of hydrogen-bond acceptors (Lipinski definition) is 6. The second-order valence-electron chi connectivity index (χ2n) is 7.06. The Balaban J connectivity index is 1.49. The Morgan fingerprint density at radius 1 is 0.968 bits per heavy atom. The van der Waals surface area contributed by atoms with Crippen LogP contribution in [0.5, 0.6) is 5.75 Å². The Hall–Kier alpha value is -4.39. The summed E-state index contributed by atoms with van der Waals surface area (Å²) in [5, 5.41) is 18.6. The van der Waals surface area contributed by atoms with E-state index in [2.05, 4.69) is 20.6 Å². The molecule has 0 fully saturated rings. The van der Waals surface area contributed by atoms with Gasteiger partial charge < -0.3 is 20.2 Å². The normalized spacial score (nSPS) is 11.0. The van der Waals surface area contributed by atoms with Crippen LogP contribution < -0.4 is 10.6 Å². The highest BCUT2D eigenvalue weighted by Crippen LogP contribution is 2.34. The van der Waals surface area contributed by atoms with Crippen molar-refractivity contribution in [1.82, 2.24) is 15.3 Å². The molecular formula is C24H18N4O3. The van der Waals surface area contributed by atoms with Crippen LogP contribution in [0.2, 0.25) is 0 Å². The number of benzene rings is 2. The average molecular weight is 410 g/mol. The smallest absolute Gasteiger partial charge is 0.289 e. The number of hydrogen-bond donors (Lipinski definition) is 3. The summed E-state index contributed by atoms with van der Waals surface area (Å²) in [5.74, 6) is 0.0447. The molecule has 5 rings (SSSR count). The number of furan rings is 1. The second kappa shape index (κ2) is 7.79. The van der Waals surface area contributed by atoms with E-state index in [-0.39, 0.29) is 17.4 Å². The monoisotopic (exact) mass is 410 g/mol. The highest BCUT2D eigenvalue weighted by Gasteiger charge is 2.21. The van der Waals surface area contributed by atoms with Gasteiger partial charge in [0.05, 0.1) is 11.9 Å². The Labute approximate surface area is 177 Å². The molecule has 0 aliphatic heterocycles. The largest absolute Gasteiger partial charge is 0.507 e. The van der Waals surface area contributed by atoms with Crippen molar-refractivity contribution in [3.63, 3.8) is 0 Å². The fourth-order valence-electron chi connectivity index (χ4n) is 3.49. The summed E-state index contributed by atoms with van der Waals surface area (Å²) in [7, 11) is 0. The van der Waals surface area contributed by atoms with Crippen LogP contribution in [0.3, 0.4) is 0 Å². The van der Waals surface area contributed by atoms with Crippen LogP contribution in [0.15, 0.2) is 83.8 Å². The van der Waals surface area contributed by atoms with E-state index in [4.69, 9.17) is 4.42 Å². The first-order valence-corrected chi connectivity index (χ1v) is 9.71. The fraction of sp³-hybridized carbons (Fsp3) is 0.0417. The number of phenolic OH excluding ortho intramolecular Hbond substituents is 1. The van der Waals surface area contributed by atoms with Crippen molar-refractivity contribution in [3.05, 3.63) is 90.7 Å². The summed E-state index contributed by atoms with van der Waals surface area (Å²) in [5.41, 5.74) is 2.71. The number of nitrogens with one attached hydrogen (secondary N) is 2. The van der Waals surface area contributed by atoms with Crippen molar-refractivity contribution in [2.45, 2.75) is 6.54 Å². The predicted octanol–water partition coefficient (Wildman–Crippen LogP) is 4.76. The summed E-state index contributed by atoms with van der Waals surface area (Å²) in [6, 6.07) is 16.4. The van der Waals surface area contributed by atoms with Gasteiger partial charge >= 0.3 is 0 Å². The summed E-state index contributed by atoms with van der Waals surface area (Å²) in [6.45, 7) is 0.330. The number of pyridine rings is 2. The first-order valence-electron chi connectivity index (χ1n) is 9.71. The van der Waals surface area contributed by atoms with Crippen molar-refractivity contribution in [2.75, 3.05) is 5.32 Å². The van der Waals surface area contributed by atoms with E-state index in [0.717, 1.165) is 27.4 Å². The first-order chi connectivity index (χ1) is 15.2. The van der Waals surface area contributed by atoms with Crippen LogP contribution in [0.1, 0.15) is 16.1 Å². The number of nitrogens with zero attached hydrogens (tertiary/aromatic N) is 2. The number of aromatic hydroxyl groups is 1. The molecule has 5 aromatic rings. The number of phenols is 1. The zero-order chi connectivity index (χ0) is 21.2. The Kier molecular flexibility index (Phi) is 4.68. The van der Waals surface area contributed by atoms with Crippen molar-refractivity contribution < 1.29 is 14.3 Å². The van der Waals surface area contributed by atoms with E-state index in [1.54, 1.807) is 43.0 Å². The van der Waals surface area contributed by atoms with Gasteiger partial charge in [-0.15, -0.1) is 0 Å². The molecule has 3 aromatic heterocycles. The van der Waals surface area contributed by atoms with Gasteiger partial charge in [0.25, 0.3) is 5.91 Å².